The highest BCUT2D eigenvalue weighted by Gasteiger charge is 2.51. The molecule has 0 aromatic heterocycles. The fourth-order valence-corrected chi connectivity index (χ4v) is 1.84. The Kier molecular flexibility index (Phi) is 2.85. The van der Waals surface area contributed by atoms with Crippen molar-refractivity contribution in [1.29, 1.82) is 0 Å². The molecule has 5 heteroatoms. The van der Waals surface area contributed by atoms with Crippen molar-refractivity contribution < 1.29 is 14.7 Å². The number of hydrogen-bond donors (Lipinski definition) is 3. The van der Waals surface area contributed by atoms with Gasteiger partial charge in [-0.1, -0.05) is 12.1 Å². The summed E-state index contributed by atoms with van der Waals surface area (Å²) >= 11 is 0. The molecule has 1 aromatic rings. The van der Waals surface area contributed by atoms with Gasteiger partial charge in [-0.15, -0.1) is 0 Å². The summed E-state index contributed by atoms with van der Waals surface area (Å²) in [6, 6.07) is 6.89. The number of carboxylic acids is 1. The predicted octanol–water partition coefficient (Wildman–Crippen LogP) is 0.700. The molecule has 5 nitrogen and oxygen atoms in total. The van der Waals surface area contributed by atoms with Crippen molar-refractivity contribution in [2.24, 2.45) is 5.73 Å². The number of carboxylic acid groups (broad SMARTS) is 1. The Labute approximate surface area is 98.6 Å². The molecule has 0 atom stereocenters. The zero-order valence-electron chi connectivity index (χ0n) is 9.27. The van der Waals surface area contributed by atoms with Gasteiger partial charge >= 0.3 is 5.97 Å². The van der Waals surface area contributed by atoms with Crippen molar-refractivity contribution in [2.45, 2.75) is 18.3 Å². The maximum Gasteiger partial charge on any atom is 0.314 e. The quantitative estimate of drug-likeness (QED) is 0.715. The number of benzene rings is 1. The third kappa shape index (κ3) is 2.14. The van der Waals surface area contributed by atoms with Crippen LogP contribution in [-0.4, -0.2) is 23.5 Å². The van der Waals surface area contributed by atoms with E-state index < -0.39 is 11.4 Å². The molecule has 0 radical (unpaired) electrons. The second-order valence-electron chi connectivity index (χ2n) is 4.22. The van der Waals surface area contributed by atoms with Gasteiger partial charge in [-0.25, -0.2) is 0 Å². The van der Waals surface area contributed by atoms with Crippen LogP contribution in [0.2, 0.25) is 0 Å². The van der Waals surface area contributed by atoms with Gasteiger partial charge in [0.25, 0.3) is 0 Å². The summed E-state index contributed by atoms with van der Waals surface area (Å²) in [4.78, 5) is 22.2. The zero-order valence-corrected chi connectivity index (χ0v) is 9.27. The van der Waals surface area contributed by atoms with Crippen molar-refractivity contribution >= 4 is 17.6 Å². The maximum absolute atomic E-state index is 11.1. The van der Waals surface area contributed by atoms with E-state index in [-0.39, 0.29) is 12.5 Å². The Morgan fingerprint density at radius 3 is 2.29 bits per heavy atom. The minimum atomic E-state index is -0.781. The van der Waals surface area contributed by atoms with Gasteiger partial charge in [-0.3, -0.25) is 9.59 Å². The van der Waals surface area contributed by atoms with E-state index in [0.29, 0.717) is 18.5 Å². The second-order valence-corrected chi connectivity index (χ2v) is 4.22. The number of nitrogens with two attached hydrogens (primary N) is 1. The number of carbonyl (C=O) groups is 2. The molecular weight excluding hydrogens is 220 g/mol. The monoisotopic (exact) mass is 234 g/mol. The molecule has 90 valence electrons. The second kappa shape index (κ2) is 4.18. The fourth-order valence-electron chi connectivity index (χ4n) is 1.84. The highest BCUT2D eigenvalue weighted by atomic mass is 16.4. The highest BCUT2D eigenvalue weighted by molar-refractivity contribution is 5.92. The lowest BCUT2D eigenvalue weighted by atomic mass is 9.96. The van der Waals surface area contributed by atoms with Crippen molar-refractivity contribution in [1.82, 2.24) is 0 Å². The molecule has 1 amide bonds. The first-order chi connectivity index (χ1) is 8.08. The van der Waals surface area contributed by atoms with Gasteiger partial charge in [-0.2, -0.15) is 0 Å². The van der Waals surface area contributed by atoms with Gasteiger partial charge in [0.2, 0.25) is 5.91 Å². The summed E-state index contributed by atoms with van der Waals surface area (Å²) in [5.74, 6) is -1.05. The number of rotatable bonds is 4. The summed E-state index contributed by atoms with van der Waals surface area (Å²) < 4.78 is 0. The molecule has 1 aliphatic carbocycles. The molecule has 0 saturated heterocycles. The molecule has 1 saturated carbocycles. The highest BCUT2D eigenvalue weighted by Crippen LogP contribution is 2.48. The molecule has 0 bridgehead atoms. The first-order valence-electron chi connectivity index (χ1n) is 5.42. The Bertz CT molecular complexity index is 449. The summed E-state index contributed by atoms with van der Waals surface area (Å²) in [5.41, 5.74) is 5.90. The van der Waals surface area contributed by atoms with Crippen LogP contribution in [0, 0.1) is 0 Å². The van der Waals surface area contributed by atoms with Gasteiger partial charge in [-0.05, 0) is 30.5 Å². The lowest BCUT2D eigenvalue weighted by Crippen LogP contribution is -2.22. The number of aliphatic carboxylic acids is 1. The van der Waals surface area contributed by atoms with Crippen LogP contribution in [0.1, 0.15) is 18.4 Å². The van der Waals surface area contributed by atoms with Crippen LogP contribution in [0.3, 0.4) is 0 Å². The topological polar surface area (TPSA) is 92.4 Å². The average molecular weight is 234 g/mol. The van der Waals surface area contributed by atoms with E-state index in [1.807, 2.05) is 0 Å². The maximum atomic E-state index is 11.1. The van der Waals surface area contributed by atoms with Crippen LogP contribution in [0.15, 0.2) is 24.3 Å². The van der Waals surface area contributed by atoms with Gasteiger partial charge in [0.05, 0.1) is 12.0 Å². The molecule has 4 N–H and O–H groups in total. The van der Waals surface area contributed by atoms with E-state index in [2.05, 4.69) is 5.32 Å². The minimum Gasteiger partial charge on any atom is -0.481 e. The molecule has 1 fully saturated rings. The smallest absolute Gasteiger partial charge is 0.314 e. The number of amides is 1. The Balaban J connectivity index is 2.14. The van der Waals surface area contributed by atoms with Crippen molar-refractivity contribution in [3.8, 4) is 0 Å². The normalized spacial score (nSPS) is 16.3. The van der Waals surface area contributed by atoms with Crippen LogP contribution in [0.4, 0.5) is 5.69 Å². The fraction of sp³-hybridized carbons (Fsp3) is 0.333. The summed E-state index contributed by atoms with van der Waals surface area (Å²) in [7, 11) is 0. The largest absolute Gasteiger partial charge is 0.481 e. The molecule has 0 unspecified atom stereocenters. The lowest BCUT2D eigenvalue weighted by molar-refractivity contribution is -0.140. The molecular formula is C12H14N2O3. The lowest BCUT2D eigenvalue weighted by Gasteiger charge is -2.11. The molecule has 1 aromatic carbocycles. The van der Waals surface area contributed by atoms with E-state index in [1.54, 1.807) is 24.3 Å². The van der Waals surface area contributed by atoms with Crippen LogP contribution in [-0.2, 0) is 15.0 Å². The molecule has 0 heterocycles. The molecule has 2 rings (SSSR count). The number of hydrogen-bond acceptors (Lipinski definition) is 3. The minimum absolute atomic E-state index is 0.0686. The van der Waals surface area contributed by atoms with Crippen LogP contribution >= 0.6 is 0 Å². The molecule has 1 aliphatic rings. The van der Waals surface area contributed by atoms with Crippen LogP contribution in [0.25, 0.3) is 0 Å². The number of nitrogens with one attached hydrogen (secondary N) is 1. The first kappa shape index (κ1) is 11.6. The summed E-state index contributed by atoms with van der Waals surface area (Å²) in [6.07, 6.45) is 1.35. The van der Waals surface area contributed by atoms with Crippen LogP contribution < -0.4 is 11.1 Å². The van der Waals surface area contributed by atoms with E-state index in [9.17, 15) is 9.59 Å². The Morgan fingerprint density at radius 2 is 1.88 bits per heavy atom. The zero-order chi connectivity index (χ0) is 12.5. The predicted molar refractivity (Wildman–Crippen MR) is 62.7 cm³/mol. The number of anilines is 1. The standard InChI is InChI=1S/C12H14N2O3/c13-7-10(15)14-9-3-1-8(2-4-9)12(5-6-12)11(16)17/h1-4H,5-7,13H2,(H,14,15)(H,16,17). The van der Waals surface area contributed by atoms with Crippen molar-refractivity contribution in [3.05, 3.63) is 29.8 Å². The van der Waals surface area contributed by atoms with Gasteiger partial charge < -0.3 is 16.2 Å². The van der Waals surface area contributed by atoms with Crippen molar-refractivity contribution in [3.63, 3.8) is 0 Å². The van der Waals surface area contributed by atoms with Gasteiger partial charge in [0.15, 0.2) is 0 Å². The van der Waals surface area contributed by atoms with E-state index in [0.717, 1.165) is 5.56 Å². The SMILES string of the molecule is NCC(=O)Nc1ccc(C2(C(=O)O)CC2)cc1. The van der Waals surface area contributed by atoms with Crippen molar-refractivity contribution in [2.75, 3.05) is 11.9 Å². The number of carbonyl (C=O) groups excluding carboxylic acids is 1. The molecule has 0 aliphatic heterocycles. The molecule has 17 heavy (non-hydrogen) atoms. The molecule has 0 spiro atoms. The summed E-state index contributed by atoms with van der Waals surface area (Å²) in [5, 5.41) is 11.7. The third-order valence-corrected chi connectivity index (χ3v) is 3.07. The Morgan fingerprint density at radius 1 is 1.29 bits per heavy atom. The average Bonchev–Trinajstić information content (AvgIpc) is 3.11. The third-order valence-electron chi connectivity index (χ3n) is 3.07. The first-order valence-corrected chi connectivity index (χ1v) is 5.42. The van der Waals surface area contributed by atoms with E-state index in [1.165, 1.54) is 0 Å². The van der Waals surface area contributed by atoms with Gasteiger partial charge in [0.1, 0.15) is 0 Å². The van der Waals surface area contributed by atoms with Crippen LogP contribution in [0.5, 0.6) is 0 Å². The van der Waals surface area contributed by atoms with E-state index >= 15 is 0 Å². The van der Waals surface area contributed by atoms with E-state index in [4.69, 9.17) is 10.8 Å². The van der Waals surface area contributed by atoms with Gasteiger partial charge in [0, 0.05) is 5.69 Å². The summed E-state index contributed by atoms with van der Waals surface area (Å²) in [6.45, 7) is -0.0686. The Hall–Kier alpha value is -1.88.